The molecule has 1 saturated heterocycles. The minimum atomic E-state index is -1.15. The van der Waals surface area contributed by atoms with E-state index in [0.717, 1.165) is 18.9 Å². The van der Waals surface area contributed by atoms with Crippen molar-refractivity contribution in [3.63, 3.8) is 0 Å². The molecule has 5 heteroatoms. The summed E-state index contributed by atoms with van der Waals surface area (Å²) in [6.07, 6.45) is 1.78. The van der Waals surface area contributed by atoms with Crippen molar-refractivity contribution < 1.29 is 13.2 Å². The highest BCUT2D eigenvalue weighted by molar-refractivity contribution is 5.20. The molecule has 1 fully saturated rings. The Kier molecular flexibility index (Phi) is 4.36. The van der Waals surface area contributed by atoms with Gasteiger partial charge in [0, 0.05) is 35.3 Å². The van der Waals surface area contributed by atoms with Crippen molar-refractivity contribution in [1.82, 2.24) is 10.6 Å². The average molecular weight is 300 g/mol. The van der Waals surface area contributed by atoms with E-state index in [1.807, 2.05) is 0 Å². The smallest absolute Gasteiger partial charge is 0.161 e. The van der Waals surface area contributed by atoms with Gasteiger partial charge in [-0.3, -0.25) is 0 Å². The predicted octanol–water partition coefficient (Wildman–Crippen LogP) is 3.50. The fraction of sp³-hybridized carbons (Fsp3) is 0.625. The Morgan fingerprint density at radius 1 is 1.00 bits per heavy atom. The molecule has 0 bridgehead atoms. The molecule has 1 aliphatic heterocycles. The Balaban J connectivity index is 2.04. The topological polar surface area (TPSA) is 24.1 Å². The number of halogens is 3. The van der Waals surface area contributed by atoms with Gasteiger partial charge in [-0.1, -0.05) is 0 Å². The van der Waals surface area contributed by atoms with Gasteiger partial charge in [-0.25, -0.2) is 13.2 Å². The molecule has 0 saturated carbocycles. The molecule has 118 valence electrons. The maximum atomic E-state index is 13.6. The van der Waals surface area contributed by atoms with Gasteiger partial charge in [-0.15, -0.1) is 0 Å². The van der Waals surface area contributed by atoms with Crippen LogP contribution in [0.3, 0.4) is 0 Å². The largest absolute Gasteiger partial charge is 0.310 e. The molecule has 1 aromatic carbocycles. The van der Waals surface area contributed by atoms with Gasteiger partial charge in [0.15, 0.2) is 11.6 Å². The van der Waals surface area contributed by atoms with Crippen LogP contribution < -0.4 is 10.6 Å². The molecule has 1 aromatic rings. The fourth-order valence-electron chi connectivity index (χ4n) is 3.42. The molecular weight excluding hydrogens is 277 g/mol. The van der Waals surface area contributed by atoms with Crippen molar-refractivity contribution in [2.24, 2.45) is 0 Å². The highest BCUT2D eigenvalue weighted by Gasteiger charge is 2.37. The zero-order chi connectivity index (χ0) is 15.8. The van der Waals surface area contributed by atoms with E-state index in [0.29, 0.717) is 6.07 Å². The van der Waals surface area contributed by atoms with Crippen LogP contribution in [0.5, 0.6) is 0 Å². The molecule has 2 nitrogen and oxygen atoms in total. The summed E-state index contributed by atoms with van der Waals surface area (Å²) >= 11 is 0. The summed E-state index contributed by atoms with van der Waals surface area (Å²) < 4.78 is 39.7. The lowest BCUT2D eigenvalue weighted by Crippen LogP contribution is -2.61. The van der Waals surface area contributed by atoms with Crippen LogP contribution in [0.4, 0.5) is 13.2 Å². The monoisotopic (exact) mass is 300 g/mol. The van der Waals surface area contributed by atoms with Gasteiger partial charge < -0.3 is 10.6 Å². The van der Waals surface area contributed by atoms with E-state index in [1.54, 1.807) is 0 Å². The first-order valence-electron chi connectivity index (χ1n) is 7.24. The third-order valence-corrected chi connectivity index (χ3v) is 3.86. The normalized spacial score (nSPS) is 21.5. The van der Waals surface area contributed by atoms with E-state index in [2.05, 4.69) is 38.3 Å². The van der Waals surface area contributed by atoms with Crippen LogP contribution in [-0.4, -0.2) is 17.1 Å². The Morgan fingerprint density at radius 2 is 1.52 bits per heavy atom. The van der Waals surface area contributed by atoms with Gasteiger partial charge in [0.25, 0.3) is 0 Å². The first kappa shape index (κ1) is 16.3. The number of hydrogen-bond donors (Lipinski definition) is 2. The lowest BCUT2D eigenvalue weighted by molar-refractivity contribution is 0.145. The Morgan fingerprint density at radius 3 is 2.10 bits per heavy atom. The van der Waals surface area contributed by atoms with Crippen LogP contribution in [0.25, 0.3) is 0 Å². The Bertz CT molecular complexity index is 510. The maximum absolute atomic E-state index is 13.6. The second-order valence-corrected chi connectivity index (χ2v) is 7.24. The maximum Gasteiger partial charge on any atom is 0.161 e. The number of rotatable bonds is 3. The van der Waals surface area contributed by atoms with Crippen LogP contribution >= 0.6 is 0 Å². The van der Waals surface area contributed by atoms with Gasteiger partial charge in [0.2, 0.25) is 0 Å². The second kappa shape index (κ2) is 5.61. The zero-order valence-electron chi connectivity index (χ0n) is 13.0. The first-order valence-corrected chi connectivity index (χ1v) is 7.24. The van der Waals surface area contributed by atoms with E-state index in [1.165, 1.54) is 0 Å². The highest BCUT2D eigenvalue weighted by Crippen LogP contribution is 2.28. The number of benzene rings is 1. The highest BCUT2D eigenvalue weighted by atomic mass is 19.2. The average Bonchev–Trinajstić information content (AvgIpc) is 2.28. The van der Waals surface area contributed by atoms with Gasteiger partial charge in [0.05, 0.1) is 0 Å². The van der Waals surface area contributed by atoms with Gasteiger partial charge in [0.1, 0.15) is 5.82 Å². The molecule has 0 atom stereocenters. The summed E-state index contributed by atoms with van der Waals surface area (Å²) in [6.45, 7) is 8.70. The lowest BCUT2D eigenvalue weighted by Gasteiger charge is -2.46. The SMILES string of the molecule is CC1(C)CC(NCc2cc(F)c(F)cc2F)CC(C)(C)N1. The van der Waals surface area contributed by atoms with Gasteiger partial charge in [-0.2, -0.15) is 0 Å². The quantitative estimate of drug-likeness (QED) is 0.835. The molecule has 1 aliphatic rings. The van der Waals surface area contributed by atoms with Crippen LogP contribution in [0.2, 0.25) is 0 Å². The molecule has 0 aliphatic carbocycles. The molecule has 1 heterocycles. The number of nitrogens with one attached hydrogen (secondary N) is 2. The summed E-state index contributed by atoms with van der Waals surface area (Å²) in [5.41, 5.74) is 0.112. The number of piperidine rings is 1. The van der Waals surface area contributed by atoms with Crippen LogP contribution in [0, 0.1) is 17.5 Å². The van der Waals surface area contributed by atoms with E-state index < -0.39 is 17.5 Å². The minimum Gasteiger partial charge on any atom is -0.310 e. The Hall–Kier alpha value is -1.07. The summed E-state index contributed by atoms with van der Waals surface area (Å²) in [6, 6.07) is 1.72. The van der Waals surface area contributed by atoms with Gasteiger partial charge >= 0.3 is 0 Å². The standard InChI is InChI=1S/C16H23F3N2/c1-15(2)7-11(8-16(3,4)21-15)20-9-10-5-13(18)14(19)6-12(10)17/h5-6,11,20-21H,7-9H2,1-4H3. The molecule has 0 aromatic heterocycles. The summed E-state index contributed by atoms with van der Waals surface area (Å²) in [5, 5.41) is 6.83. The predicted molar refractivity (Wildman–Crippen MR) is 77.5 cm³/mol. The molecule has 0 spiro atoms. The van der Waals surface area contributed by atoms with Crippen molar-refractivity contribution in [2.75, 3.05) is 0 Å². The zero-order valence-corrected chi connectivity index (χ0v) is 13.0. The van der Waals surface area contributed by atoms with Crippen LogP contribution in [0.15, 0.2) is 12.1 Å². The van der Waals surface area contributed by atoms with Crippen LogP contribution in [-0.2, 0) is 6.54 Å². The van der Waals surface area contributed by atoms with Crippen molar-refractivity contribution in [1.29, 1.82) is 0 Å². The summed E-state index contributed by atoms with van der Waals surface area (Å²) in [5.74, 6) is -2.88. The molecule has 2 N–H and O–H groups in total. The van der Waals surface area contributed by atoms with Crippen molar-refractivity contribution in [3.05, 3.63) is 35.1 Å². The fourth-order valence-corrected chi connectivity index (χ4v) is 3.42. The van der Waals surface area contributed by atoms with Gasteiger partial charge in [-0.05, 0) is 46.6 Å². The first-order chi connectivity index (χ1) is 9.58. The van der Waals surface area contributed by atoms with E-state index in [4.69, 9.17) is 0 Å². The molecule has 2 rings (SSSR count). The van der Waals surface area contributed by atoms with Crippen molar-refractivity contribution in [2.45, 2.75) is 64.2 Å². The van der Waals surface area contributed by atoms with E-state index in [9.17, 15) is 13.2 Å². The van der Waals surface area contributed by atoms with E-state index in [-0.39, 0.29) is 29.2 Å². The summed E-state index contributed by atoms with van der Waals surface area (Å²) in [7, 11) is 0. The molecular formula is C16H23F3N2. The van der Waals surface area contributed by atoms with Crippen LogP contribution in [0.1, 0.15) is 46.1 Å². The molecule has 0 amide bonds. The molecule has 0 radical (unpaired) electrons. The molecule has 0 unspecified atom stereocenters. The Labute approximate surface area is 124 Å². The number of hydrogen-bond acceptors (Lipinski definition) is 2. The minimum absolute atomic E-state index is 0.0218. The molecule has 21 heavy (non-hydrogen) atoms. The van der Waals surface area contributed by atoms with Crippen molar-refractivity contribution in [3.8, 4) is 0 Å². The third kappa shape index (κ3) is 4.20. The summed E-state index contributed by atoms with van der Waals surface area (Å²) in [4.78, 5) is 0. The van der Waals surface area contributed by atoms with Crippen molar-refractivity contribution >= 4 is 0 Å². The third-order valence-electron chi connectivity index (χ3n) is 3.86. The second-order valence-electron chi connectivity index (χ2n) is 7.24. The van der Waals surface area contributed by atoms with E-state index >= 15 is 0 Å². The lowest BCUT2D eigenvalue weighted by atomic mass is 9.79.